The normalized spacial score (nSPS) is 15.1. The van der Waals surface area contributed by atoms with Crippen molar-refractivity contribution < 1.29 is 9.18 Å². The fraction of sp³-hybridized carbons (Fsp3) is 0.364. The lowest BCUT2D eigenvalue weighted by molar-refractivity contribution is 0.219. The van der Waals surface area contributed by atoms with Crippen LogP contribution < -0.4 is 10.6 Å². The lowest BCUT2D eigenvalue weighted by Gasteiger charge is -2.14. The Morgan fingerprint density at radius 1 is 1.50 bits per heavy atom. The van der Waals surface area contributed by atoms with Crippen molar-refractivity contribution >= 4 is 11.7 Å². The van der Waals surface area contributed by atoms with Crippen molar-refractivity contribution in [3.8, 4) is 0 Å². The van der Waals surface area contributed by atoms with Crippen LogP contribution in [0.15, 0.2) is 24.3 Å². The van der Waals surface area contributed by atoms with E-state index in [2.05, 4.69) is 10.6 Å². The van der Waals surface area contributed by atoms with Gasteiger partial charge < -0.3 is 15.5 Å². The molecule has 5 heteroatoms. The molecule has 1 heterocycles. The predicted molar refractivity (Wildman–Crippen MR) is 59.9 cm³/mol. The van der Waals surface area contributed by atoms with Crippen molar-refractivity contribution in [2.24, 2.45) is 0 Å². The third kappa shape index (κ3) is 2.62. The molecule has 2 rings (SSSR count). The molecule has 0 radical (unpaired) electrons. The van der Waals surface area contributed by atoms with Crippen LogP contribution in [0.4, 0.5) is 14.9 Å². The molecule has 86 valence electrons. The second-order valence-electron chi connectivity index (χ2n) is 3.66. The molecule has 0 aliphatic carbocycles. The molecule has 2 N–H and O–H groups in total. The van der Waals surface area contributed by atoms with Crippen molar-refractivity contribution in [1.29, 1.82) is 0 Å². The number of nitrogens with zero attached hydrogens (tertiary/aromatic N) is 1. The first kappa shape index (κ1) is 10.7. The molecule has 1 aliphatic heterocycles. The Bertz CT molecular complexity index is 383. The first-order valence-corrected chi connectivity index (χ1v) is 5.28. The number of halogens is 1. The highest BCUT2D eigenvalue weighted by molar-refractivity contribution is 5.76. The van der Waals surface area contributed by atoms with Crippen molar-refractivity contribution in [1.82, 2.24) is 10.2 Å². The summed E-state index contributed by atoms with van der Waals surface area (Å²) in [5, 5.41) is 5.80. The molecule has 0 bridgehead atoms. The van der Waals surface area contributed by atoms with Gasteiger partial charge in [-0.15, -0.1) is 0 Å². The van der Waals surface area contributed by atoms with Crippen LogP contribution in [0.3, 0.4) is 0 Å². The summed E-state index contributed by atoms with van der Waals surface area (Å²) in [6.07, 6.45) is 0. The molecular weight excluding hydrogens is 209 g/mol. The molecule has 0 aromatic heterocycles. The minimum Gasteiger partial charge on any atom is -0.383 e. The SMILES string of the molecule is O=C1NCCN1CCNc1cccc(F)c1. The van der Waals surface area contributed by atoms with E-state index in [1.807, 2.05) is 0 Å². The molecule has 0 atom stereocenters. The number of hydrogen-bond donors (Lipinski definition) is 2. The molecule has 1 saturated heterocycles. The van der Waals surface area contributed by atoms with Gasteiger partial charge in [-0.25, -0.2) is 9.18 Å². The maximum Gasteiger partial charge on any atom is 0.317 e. The molecule has 1 aliphatic rings. The van der Waals surface area contributed by atoms with Crippen LogP contribution in [0.5, 0.6) is 0 Å². The largest absolute Gasteiger partial charge is 0.383 e. The Balaban J connectivity index is 1.77. The van der Waals surface area contributed by atoms with Gasteiger partial charge in [-0.1, -0.05) is 6.07 Å². The standard InChI is InChI=1S/C11H14FN3O/c12-9-2-1-3-10(8-9)13-4-6-15-7-5-14-11(15)16/h1-3,8,13H,4-7H2,(H,14,16). The number of urea groups is 1. The van der Waals surface area contributed by atoms with E-state index < -0.39 is 0 Å². The Labute approximate surface area is 93.4 Å². The summed E-state index contributed by atoms with van der Waals surface area (Å²) in [4.78, 5) is 12.9. The zero-order valence-corrected chi connectivity index (χ0v) is 8.87. The molecule has 4 nitrogen and oxygen atoms in total. The number of amides is 2. The minimum absolute atomic E-state index is 0.0268. The lowest BCUT2D eigenvalue weighted by Crippen LogP contribution is -2.32. The van der Waals surface area contributed by atoms with Crippen LogP contribution in [-0.2, 0) is 0 Å². The fourth-order valence-corrected chi connectivity index (χ4v) is 1.66. The molecule has 0 unspecified atom stereocenters. The van der Waals surface area contributed by atoms with Crippen molar-refractivity contribution in [2.75, 3.05) is 31.5 Å². The van der Waals surface area contributed by atoms with E-state index in [0.717, 1.165) is 12.2 Å². The molecular formula is C11H14FN3O. The Morgan fingerprint density at radius 2 is 2.38 bits per heavy atom. The first-order valence-electron chi connectivity index (χ1n) is 5.28. The number of nitrogens with one attached hydrogen (secondary N) is 2. The number of carbonyl (C=O) groups is 1. The maximum atomic E-state index is 12.8. The van der Waals surface area contributed by atoms with Gasteiger partial charge in [0.25, 0.3) is 0 Å². The van der Waals surface area contributed by atoms with E-state index in [-0.39, 0.29) is 11.8 Å². The molecule has 0 spiro atoms. The predicted octanol–water partition coefficient (Wildman–Crippen LogP) is 1.26. The van der Waals surface area contributed by atoms with E-state index in [1.54, 1.807) is 17.0 Å². The Morgan fingerprint density at radius 3 is 3.06 bits per heavy atom. The Kier molecular flexibility index (Phi) is 3.24. The molecule has 0 saturated carbocycles. The summed E-state index contributed by atoms with van der Waals surface area (Å²) >= 11 is 0. The maximum absolute atomic E-state index is 12.8. The summed E-state index contributed by atoms with van der Waals surface area (Å²) in [7, 11) is 0. The number of benzene rings is 1. The van der Waals surface area contributed by atoms with Crippen molar-refractivity contribution in [3.05, 3.63) is 30.1 Å². The number of hydrogen-bond acceptors (Lipinski definition) is 2. The van der Waals surface area contributed by atoms with Crippen molar-refractivity contribution in [3.63, 3.8) is 0 Å². The summed E-state index contributed by atoms with van der Waals surface area (Å²) in [5.74, 6) is -0.260. The lowest BCUT2D eigenvalue weighted by atomic mass is 10.3. The zero-order chi connectivity index (χ0) is 11.4. The highest BCUT2D eigenvalue weighted by atomic mass is 19.1. The number of carbonyl (C=O) groups excluding carboxylic acids is 1. The highest BCUT2D eigenvalue weighted by Crippen LogP contribution is 2.08. The number of anilines is 1. The molecule has 1 aromatic carbocycles. The number of rotatable bonds is 4. The monoisotopic (exact) mass is 223 g/mol. The summed E-state index contributed by atoms with van der Waals surface area (Å²) in [5.41, 5.74) is 0.736. The van der Waals surface area contributed by atoms with Gasteiger partial charge in [0.1, 0.15) is 5.82 Å². The third-order valence-corrected chi connectivity index (χ3v) is 2.48. The third-order valence-electron chi connectivity index (χ3n) is 2.48. The van der Waals surface area contributed by atoms with Gasteiger partial charge in [-0.2, -0.15) is 0 Å². The smallest absolute Gasteiger partial charge is 0.317 e. The second kappa shape index (κ2) is 4.83. The van der Waals surface area contributed by atoms with Gasteiger partial charge in [0.15, 0.2) is 0 Å². The Hall–Kier alpha value is -1.78. The van der Waals surface area contributed by atoms with Crippen molar-refractivity contribution in [2.45, 2.75) is 0 Å². The van der Waals surface area contributed by atoms with Gasteiger partial charge in [0, 0.05) is 31.9 Å². The molecule has 16 heavy (non-hydrogen) atoms. The van der Waals surface area contributed by atoms with E-state index in [0.29, 0.717) is 19.6 Å². The van der Waals surface area contributed by atoms with Gasteiger partial charge in [-0.05, 0) is 18.2 Å². The summed E-state index contributed by atoms with van der Waals surface area (Å²) in [6, 6.07) is 6.26. The van der Waals surface area contributed by atoms with Gasteiger partial charge in [-0.3, -0.25) is 0 Å². The zero-order valence-electron chi connectivity index (χ0n) is 8.87. The van der Waals surface area contributed by atoms with Crippen LogP contribution in [-0.4, -0.2) is 37.1 Å². The van der Waals surface area contributed by atoms with Crippen LogP contribution in [0.2, 0.25) is 0 Å². The summed E-state index contributed by atoms with van der Waals surface area (Å²) < 4.78 is 12.8. The second-order valence-corrected chi connectivity index (χ2v) is 3.66. The van der Waals surface area contributed by atoms with Crippen LogP contribution >= 0.6 is 0 Å². The highest BCUT2D eigenvalue weighted by Gasteiger charge is 2.17. The fourth-order valence-electron chi connectivity index (χ4n) is 1.66. The van der Waals surface area contributed by atoms with Gasteiger partial charge in [0.05, 0.1) is 0 Å². The topological polar surface area (TPSA) is 44.4 Å². The van der Waals surface area contributed by atoms with Gasteiger partial charge in [0.2, 0.25) is 0 Å². The molecule has 2 amide bonds. The van der Waals surface area contributed by atoms with E-state index in [9.17, 15) is 9.18 Å². The van der Waals surface area contributed by atoms with E-state index >= 15 is 0 Å². The van der Waals surface area contributed by atoms with E-state index in [1.165, 1.54) is 12.1 Å². The molecule has 1 fully saturated rings. The van der Waals surface area contributed by atoms with Crippen LogP contribution in [0.1, 0.15) is 0 Å². The van der Waals surface area contributed by atoms with Crippen LogP contribution in [0.25, 0.3) is 0 Å². The van der Waals surface area contributed by atoms with Crippen LogP contribution in [0, 0.1) is 5.82 Å². The first-order chi connectivity index (χ1) is 7.75. The molecule has 1 aromatic rings. The van der Waals surface area contributed by atoms with E-state index in [4.69, 9.17) is 0 Å². The minimum atomic E-state index is -0.260. The van der Waals surface area contributed by atoms with Gasteiger partial charge >= 0.3 is 6.03 Å². The average molecular weight is 223 g/mol. The average Bonchev–Trinajstić information content (AvgIpc) is 2.65. The summed E-state index contributed by atoms with van der Waals surface area (Å²) in [6.45, 7) is 2.70. The quantitative estimate of drug-likeness (QED) is 0.807.